The highest BCUT2D eigenvalue weighted by Crippen LogP contribution is 2.30. The summed E-state index contributed by atoms with van der Waals surface area (Å²) < 4.78 is 52.4. The van der Waals surface area contributed by atoms with E-state index in [1.807, 2.05) is 4.90 Å². The first-order chi connectivity index (χ1) is 14.2. The van der Waals surface area contributed by atoms with E-state index in [2.05, 4.69) is 9.97 Å². The average molecular weight is 438 g/mol. The van der Waals surface area contributed by atoms with Crippen LogP contribution >= 0.6 is 11.6 Å². The Morgan fingerprint density at radius 2 is 1.87 bits per heavy atom. The van der Waals surface area contributed by atoms with Gasteiger partial charge in [0.2, 0.25) is 0 Å². The fraction of sp³-hybridized carbons (Fsp3) is 0.238. The molecule has 2 aromatic carbocycles. The van der Waals surface area contributed by atoms with Crippen molar-refractivity contribution < 1.29 is 17.6 Å². The van der Waals surface area contributed by atoms with E-state index < -0.39 is 17.6 Å². The summed E-state index contributed by atoms with van der Waals surface area (Å²) >= 11 is 6.11. The first kappa shape index (κ1) is 20.6. The van der Waals surface area contributed by atoms with Gasteiger partial charge in [0.1, 0.15) is 11.6 Å². The Balaban J connectivity index is 1.61. The van der Waals surface area contributed by atoms with Gasteiger partial charge in [-0.25, -0.2) is 9.37 Å². The normalized spacial score (nSPS) is 14.6. The topological polar surface area (TPSA) is 49.0 Å². The standard InChI is InChI=1S/C21H16ClF4N3O/c22-16-2-1-3-17(23)15(16)10-29-9-8-14-18(11-29)27-19(28-20(14)30)12-4-6-13(7-5-12)21(24,25)26/h1-7H,8-11H2,(H,27,28,30). The number of nitrogens with one attached hydrogen (secondary N) is 1. The van der Waals surface area contributed by atoms with Crippen LogP contribution in [0.2, 0.25) is 5.02 Å². The number of aromatic amines is 1. The molecule has 0 saturated heterocycles. The Morgan fingerprint density at radius 1 is 1.13 bits per heavy atom. The van der Waals surface area contributed by atoms with Gasteiger partial charge >= 0.3 is 6.18 Å². The van der Waals surface area contributed by atoms with Crippen molar-refractivity contribution in [2.24, 2.45) is 0 Å². The van der Waals surface area contributed by atoms with Gasteiger partial charge in [0.25, 0.3) is 5.56 Å². The Kier molecular flexibility index (Phi) is 5.38. The molecule has 2 heterocycles. The van der Waals surface area contributed by atoms with Gasteiger partial charge in [0.15, 0.2) is 0 Å². The van der Waals surface area contributed by atoms with E-state index in [1.165, 1.54) is 24.3 Å². The predicted octanol–water partition coefficient (Wildman–Crippen LogP) is 4.81. The molecule has 4 nitrogen and oxygen atoms in total. The lowest BCUT2D eigenvalue weighted by Gasteiger charge is -2.28. The Labute approximate surface area is 174 Å². The second-order valence-electron chi connectivity index (χ2n) is 7.08. The highest BCUT2D eigenvalue weighted by atomic mass is 35.5. The molecule has 1 aliphatic heterocycles. The number of halogens is 5. The highest BCUT2D eigenvalue weighted by Gasteiger charge is 2.30. The summed E-state index contributed by atoms with van der Waals surface area (Å²) in [6, 6.07) is 8.92. The predicted molar refractivity (Wildman–Crippen MR) is 105 cm³/mol. The lowest BCUT2D eigenvalue weighted by atomic mass is 10.0. The molecule has 3 aromatic rings. The van der Waals surface area contributed by atoms with Crippen LogP contribution in [-0.2, 0) is 25.7 Å². The van der Waals surface area contributed by atoms with E-state index in [4.69, 9.17) is 11.6 Å². The fourth-order valence-electron chi connectivity index (χ4n) is 3.49. The number of benzene rings is 2. The Hall–Kier alpha value is -2.71. The van der Waals surface area contributed by atoms with E-state index in [1.54, 1.807) is 6.07 Å². The summed E-state index contributed by atoms with van der Waals surface area (Å²) in [6.45, 7) is 1.09. The van der Waals surface area contributed by atoms with Crippen molar-refractivity contribution in [3.8, 4) is 11.4 Å². The van der Waals surface area contributed by atoms with Gasteiger partial charge in [0.05, 0.1) is 11.3 Å². The van der Waals surface area contributed by atoms with Gasteiger partial charge in [-0.2, -0.15) is 13.2 Å². The number of nitrogens with zero attached hydrogens (tertiary/aromatic N) is 2. The maximum Gasteiger partial charge on any atom is 0.416 e. The molecule has 0 spiro atoms. The van der Waals surface area contributed by atoms with Crippen molar-refractivity contribution in [2.45, 2.75) is 25.7 Å². The third-order valence-electron chi connectivity index (χ3n) is 5.08. The molecule has 4 rings (SSSR count). The van der Waals surface area contributed by atoms with E-state index in [9.17, 15) is 22.4 Å². The van der Waals surface area contributed by atoms with Gasteiger partial charge in [-0.15, -0.1) is 0 Å². The minimum atomic E-state index is -4.44. The van der Waals surface area contributed by atoms with Gasteiger partial charge in [-0.05, 0) is 30.7 Å². The van der Waals surface area contributed by atoms with Crippen LogP contribution in [0.5, 0.6) is 0 Å². The summed E-state index contributed by atoms with van der Waals surface area (Å²) in [5, 5.41) is 0.324. The maximum absolute atomic E-state index is 14.1. The lowest BCUT2D eigenvalue weighted by molar-refractivity contribution is -0.137. The van der Waals surface area contributed by atoms with Gasteiger partial charge < -0.3 is 4.98 Å². The molecule has 1 aliphatic rings. The van der Waals surface area contributed by atoms with Crippen LogP contribution in [0.15, 0.2) is 47.3 Å². The molecule has 0 aliphatic carbocycles. The molecule has 9 heteroatoms. The van der Waals surface area contributed by atoms with Gasteiger partial charge in [-0.3, -0.25) is 9.69 Å². The van der Waals surface area contributed by atoms with E-state index in [-0.39, 0.29) is 17.9 Å². The monoisotopic (exact) mass is 437 g/mol. The smallest absolute Gasteiger partial charge is 0.306 e. The molecule has 1 aromatic heterocycles. The van der Waals surface area contributed by atoms with Crippen LogP contribution < -0.4 is 5.56 Å². The minimum Gasteiger partial charge on any atom is -0.306 e. The van der Waals surface area contributed by atoms with E-state index in [0.717, 1.165) is 12.1 Å². The van der Waals surface area contributed by atoms with Crippen molar-refractivity contribution >= 4 is 11.6 Å². The largest absolute Gasteiger partial charge is 0.416 e. The Bertz CT molecular complexity index is 1120. The van der Waals surface area contributed by atoms with Gasteiger partial charge in [-0.1, -0.05) is 29.8 Å². The summed E-state index contributed by atoms with van der Waals surface area (Å²) in [5.41, 5.74) is 0.694. The number of alkyl halides is 3. The SMILES string of the molecule is O=c1[nH]c(-c2ccc(C(F)(F)F)cc2)nc2c1CCN(Cc1c(F)cccc1Cl)C2. The molecule has 0 fully saturated rings. The number of hydrogen-bond acceptors (Lipinski definition) is 3. The number of hydrogen-bond donors (Lipinski definition) is 1. The second kappa shape index (κ2) is 7.85. The van der Waals surface area contributed by atoms with Crippen LogP contribution in [-0.4, -0.2) is 21.4 Å². The zero-order valence-electron chi connectivity index (χ0n) is 15.6. The molecule has 1 N–H and O–H groups in total. The van der Waals surface area contributed by atoms with Crippen LogP contribution in [0, 0.1) is 5.82 Å². The number of rotatable bonds is 3. The van der Waals surface area contributed by atoms with Crippen molar-refractivity contribution in [2.75, 3.05) is 6.54 Å². The first-order valence-electron chi connectivity index (χ1n) is 9.17. The maximum atomic E-state index is 14.1. The molecule has 156 valence electrons. The summed E-state index contributed by atoms with van der Waals surface area (Å²) in [4.78, 5) is 21.5. The van der Waals surface area contributed by atoms with Crippen LogP contribution in [0.4, 0.5) is 17.6 Å². The lowest BCUT2D eigenvalue weighted by Crippen LogP contribution is -2.35. The van der Waals surface area contributed by atoms with E-state index >= 15 is 0 Å². The quantitative estimate of drug-likeness (QED) is 0.598. The fourth-order valence-corrected chi connectivity index (χ4v) is 3.71. The van der Waals surface area contributed by atoms with Gasteiger partial charge in [0, 0.05) is 41.3 Å². The van der Waals surface area contributed by atoms with E-state index in [0.29, 0.717) is 46.9 Å². The molecular formula is C21H16ClF4N3O. The average Bonchev–Trinajstić information content (AvgIpc) is 2.70. The second-order valence-corrected chi connectivity index (χ2v) is 7.48. The Morgan fingerprint density at radius 3 is 2.53 bits per heavy atom. The summed E-state index contributed by atoms with van der Waals surface area (Å²) in [6.07, 6.45) is -4.01. The molecule has 0 amide bonds. The van der Waals surface area contributed by atoms with Crippen molar-refractivity contribution in [3.05, 3.63) is 86.0 Å². The number of aromatic nitrogens is 2. The summed E-state index contributed by atoms with van der Waals surface area (Å²) in [7, 11) is 0. The van der Waals surface area contributed by atoms with Crippen molar-refractivity contribution in [3.63, 3.8) is 0 Å². The molecule has 0 saturated carbocycles. The van der Waals surface area contributed by atoms with Crippen LogP contribution in [0.3, 0.4) is 0 Å². The van der Waals surface area contributed by atoms with Crippen molar-refractivity contribution in [1.82, 2.24) is 14.9 Å². The van der Waals surface area contributed by atoms with Crippen LogP contribution in [0.1, 0.15) is 22.4 Å². The third kappa shape index (κ3) is 4.11. The minimum absolute atomic E-state index is 0.193. The molecule has 0 bridgehead atoms. The molecule has 0 atom stereocenters. The molecule has 30 heavy (non-hydrogen) atoms. The molecular weight excluding hydrogens is 422 g/mol. The highest BCUT2D eigenvalue weighted by molar-refractivity contribution is 6.31. The molecule has 0 unspecified atom stereocenters. The zero-order chi connectivity index (χ0) is 21.5. The number of fused-ring (bicyclic) bond motifs is 1. The zero-order valence-corrected chi connectivity index (χ0v) is 16.3. The van der Waals surface area contributed by atoms with Crippen LogP contribution in [0.25, 0.3) is 11.4 Å². The number of H-pyrrole nitrogens is 1. The molecule has 0 radical (unpaired) electrons. The summed E-state index contributed by atoms with van der Waals surface area (Å²) in [5.74, 6) is -0.212. The third-order valence-corrected chi connectivity index (χ3v) is 5.44. The first-order valence-corrected chi connectivity index (χ1v) is 9.55. The van der Waals surface area contributed by atoms with Crippen molar-refractivity contribution in [1.29, 1.82) is 0 Å².